The van der Waals surface area contributed by atoms with E-state index in [1.54, 1.807) is 12.1 Å². The summed E-state index contributed by atoms with van der Waals surface area (Å²) < 4.78 is 11.5. The Morgan fingerprint density at radius 2 is 1.93 bits per heavy atom. The highest BCUT2D eigenvalue weighted by atomic mass is 16.5. The van der Waals surface area contributed by atoms with E-state index >= 15 is 0 Å². The Kier molecular flexibility index (Phi) is 9.98. The number of carbonyl (C=O) groups excluding carboxylic acids is 1. The van der Waals surface area contributed by atoms with Gasteiger partial charge in [-0.25, -0.2) is 0 Å². The molecular formula is C24H33NO5. The first-order chi connectivity index (χ1) is 14.5. The Labute approximate surface area is 178 Å². The van der Waals surface area contributed by atoms with Crippen LogP contribution in [0.3, 0.4) is 0 Å². The number of unbranched alkanes of at least 4 members (excludes halogenated alkanes) is 3. The molecule has 1 aromatic carbocycles. The van der Waals surface area contributed by atoms with Gasteiger partial charge in [-0.15, -0.1) is 0 Å². The van der Waals surface area contributed by atoms with Gasteiger partial charge in [-0.3, -0.25) is 9.59 Å². The predicted octanol–water partition coefficient (Wildman–Crippen LogP) is 5.01. The van der Waals surface area contributed by atoms with E-state index in [1.165, 1.54) is 19.3 Å². The number of ether oxygens (including phenoxy) is 1. The van der Waals surface area contributed by atoms with Gasteiger partial charge in [-0.1, -0.05) is 45.2 Å². The molecule has 1 amide bonds. The first-order valence-corrected chi connectivity index (χ1v) is 10.8. The molecular weight excluding hydrogens is 382 g/mol. The first-order valence-electron chi connectivity index (χ1n) is 10.8. The second kappa shape index (κ2) is 12.7. The molecule has 6 heteroatoms. The second-order valence-corrected chi connectivity index (χ2v) is 7.50. The summed E-state index contributed by atoms with van der Waals surface area (Å²) in [6.07, 6.45) is 6.60. The monoisotopic (exact) mass is 415 g/mol. The van der Waals surface area contributed by atoms with E-state index in [4.69, 9.17) is 14.3 Å². The Hall–Kier alpha value is -2.76. The van der Waals surface area contributed by atoms with Gasteiger partial charge in [-0.05, 0) is 49.1 Å². The Bertz CT molecular complexity index is 798. The van der Waals surface area contributed by atoms with Gasteiger partial charge in [0.1, 0.15) is 11.5 Å². The van der Waals surface area contributed by atoms with E-state index in [9.17, 15) is 9.59 Å². The average Bonchev–Trinajstić information content (AvgIpc) is 3.21. The molecule has 2 N–H and O–H groups in total. The van der Waals surface area contributed by atoms with Crippen molar-refractivity contribution in [1.29, 1.82) is 0 Å². The van der Waals surface area contributed by atoms with Crippen molar-refractivity contribution in [1.82, 2.24) is 5.32 Å². The maximum Gasteiger partial charge on any atom is 0.305 e. The van der Waals surface area contributed by atoms with Crippen molar-refractivity contribution in [3.8, 4) is 5.75 Å². The summed E-state index contributed by atoms with van der Waals surface area (Å²) in [6.45, 7) is 4.77. The molecule has 30 heavy (non-hydrogen) atoms. The first kappa shape index (κ1) is 23.5. The molecule has 0 saturated heterocycles. The lowest BCUT2D eigenvalue weighted by Crippen LogP contribution is -2.35. The van der Waals surface area contributed by atoms with Crippen LogP contribution >= 0.6 is 0 Å². The van der Waals surface area contributed by atoms with Crippen LogP contribution in [0.5, 0.6) is 5.75 Å². The SMILES string of the molecule is CCCCCCOc1cccc(CCc2ccc(C(=O)N[C@@H](CC)CC(=O)O)o2)c1. The topological polar surface area (TPSA) is 88.8 Å². The summed E-state index contributed by atoms with van der Waals surface area (Å²) in [6, 6.07) is 11.1. The highest BCUT2D eigenvalue weighted by Crippen LogP contribution is 2.17. The van der Waals surface area contributed by atoms with Crippen molar-refractivity contribution in [2.45, 2.75) is 71.3 Å². The largest absolute Gasteiger partial charge is 0.494 e. The summed E-state index contributed by atoms with van der Waals surface area (Å²) >= 11 is 0. The van der Waals surface area contributed by atoms with Crippen LogP contribution in [0.1, 0.15) is 74.3 Å². The molecule has 0 saturated carbocycles. The fourth-order valence-electron chi connectivity index (χ4n) is 3.18. The van der Waals surface area contributed by atoms with Crippen LogP contribution in [0.2, 0.25) is 0 Å². The van der Waals surface area contributed by atoms with E-state index in [1.807, 2.05) is 25.1 Å². The van der Waals surface area contributed by atoms with Gasteiger partial charge in [-0.2, -0.15) is 0 Å². The summed E-state index contributed by atoms with van der Waals surface area (Å²) in [7, 11) is 0. The quantitative estimate of drug-likeness (QED) is 0.424. The molecule has 0 radical (unpaired) electrons. The van der Waals surface area contributed by atoms with Crippen molar-refractivity contribution >= 4 is 11.9 Å². The number of amides is 1. The van der Waals surface area contributed by atoms with Crippen molar-refractivity contribution in [3.63, 3.8) is 0 Å². The minimum Gasteiger partial charge on any atom is -0.494 e. The number of aryl methyl sites for hydroxylation is 2. The van der Waals surface area contributed by atoms with Crippen molar-refractivity contribution in [2.75, 3.05) is 6.61 Å². The molecule has 164 valence electrons. The minimum atomic E-state index is -0.936. The maximum atomic E-state index is 12.3. The average molecular weight is 416 g/mol. The van der Waals surface area contributed by atoms with Crippen molar-refractivity contribution in [3.05, 3.63) is 53.5 Å². The molecule has 1 heterocycles. The summed E-state index contributed by atoms with van der Waals surface area (Å²) in [5, 5.41) is 11.6. The van der Waals surface area contributed by atoms with Crippen LogP contribution in [0.15, 0.2) is 40.8 Å². The molecule has 0 fully saturated rings. The summed E-state index contributed by atoms with van der Waals surface area (Å²) in [5.74, 6) is 0.491. The van der Waals surface area contributed by atoms with Crippen LogP contribution in [-0.4, -0.2) is 29.6 Å². The zero-order valence-electron chi connectivity index (χ0n) is 18.0. The summed E-state index contributed by atoms with van der Waals surface area (Å²) in [4.78, 5) is 23.1. The zero-order chi connectivity index (χ0) is 21.8. The molecule has 6 nitrogen and oxygen atoms in total. The highest BCUT2D eigenvalue weighted by molar-refractivity contribution is 5.92. The third kappa shape index (κ3) is 8.31. The Morgan fingerprint density at radius 3 is 2.67 bits per heavy atom. The second-order valence-electron chi connectivity index (χ2n) is 7.50. The lowest BCUT2D eigenvalue weighted by molar-refractivity contribution is -0.137. The van der Waals surface area contributed by atoms with Gasteiger partial charge in [0.05, 0.1) is 13.0 Å². The van der Waals surface area contributed by atoms with Crippen LogP contribution in [0, 0.1) is 0 Å². The molecule has 2 aromatic rings. The predicted molar refractivity (Wildman–Crippen MR) is 116 cm³/mol. The number of rotatable bonds is 14. The van der Waals surface area contributed by atoms with Crippen molar-refractivity contribution in [2.24, 2.45) is 0 Å². The van der Waals surface area contributed by atoms with E-state index < -0.39 is 12.0 Å². The maximum absolute atomic E-state index is 12.3. The van der Waals surface area contributed by atoms with Gasteiger partial charge < -0.3 is 19.6 Å². The van der Waals surface area contributed by atoms with Crippen LogP contribution in [0.25, 0.3) is 0 Å². The van der Waals surface area contributed by atoms with E-state index in [0.717, 1.165) is 36.5 Å². The van der Waals surface area contributed by atoms with Crippen molar-refractivity contribution < 1.29 is 23.8 Å². The number of furan rings is 1. The van der Waals surface area contributed by atoms with Gasteiger partial charge in [0, 0.05) is 12.5 Å². The number of carbonyl (C=O) groups is 2. The lowest BCUT2D eigenvalue weighted by Gasteiger charge is -2.13. The molecule has 1 atom stereocenters. The van der Waals surface area contributed by atoms with E-state index in [2.05, 4.69) is 18.3 Å². The fourth-order valence-corrected chi connectivity index (χ4v) is 3.18. The fraction of sp³-hybridized carbons (Fsp3) is 0.500. The van der Waals surface area contributed by atoms with E-state index in [0.29, 0.717) is 12.8 Å². The van der Waals surface area contributed by atoms with Gasteiger partial charge in [0.2, 0.25) is 0 Å². The molecule has 0 unspecified atom stereocenters. The molecule has 2 rings (SSSR count). The normalized spacial score (nSPS) is 11.8. The molecule has 0 bridgehead atoms. The number of carboxylic acids is 1. The van der Waals surface area contributed by atoms with Gasteiger partial charge in [0.25, 0.3) is 5.91 Å². The summed E-state index contributed by atoms with van der Waals surface area (Å²) in [5.41, 5.74) is 1.15. The highest BCUT2D eigenvalue weighted by Gasteiger charge is 2.17. The number of benzene rings is 1. The number of hydrogen-bond acceptors (Lipinski definition) is 4. The minimum absolute atomic E-state index is 0.104. The number of nitrogens with one attached hydrogen (secondary N) is 1. The third-order valence-corrected chi connectivity index (χ3v) is 4.96. The van der Waals surface area contributed by atoms with Gasteiger partial charge in [0.15, 0.2) is 5.76 Å². The number of hydrogen-bond donors (Lipinski definition) is 2. The molecule has 0 aliphatic rings. The number of carboxylic acid groups (broad SMARTS) is 1. The van der Waals surface area contributed by atoms with Crippen LogP contribution in [-0.2, 0) is 17.6 Å². The van der Waals surface area contributed by atoms with Crippen LogP contribution in [0.4, 0.5) is 0 Å². The molecule has 0 aliphatic heterocycles. The molecule has 0 spiro atoms. The molecule has 0 aliphatic carbocycles. The molecule has 1 aromatic heterocycles. The zero-order valence-corrected chi connectivity index (χ0v) is 18.0. The third-order valence-electron chi connectivity index (χ3n) is 4.96. The standard InChI is InChI=1S/C24H33NO5/c1-3-5-6-7-15-29-21-10-8-9-18(16-21)11-12-20-13-14-22(30-20)24(28)25-19(4-2)17-23(26)27/h8-10,13-14,16,19H,3-7,11-12,15,17H2,1-2H3,(H,25,28)(H,26,27)/t19-/m0/s1. The van der Waals surface area contributed by atoms with Crippen LogP contribution < -0.4 is 10.1 Å². The number of aliphatic carboxylic acids is 1. The Balaban J connectivity index is 1.83. The smallest absolute Gasteiger partial charge is 0.305 e. The van der Waals surface area contributed by atoms with E-state index in [-0.39, 0.29) is 18.1 Å². The van der Waals surface area contributed by atoms with Gasteiger partial charge >= 0.3 is 5.97 Å². The lowest BCUT2D eigenvalue weighted by atomic mass is 10.1. The Morgan fingerprint density at radius 1 is 1.10 bits per heavy atom.